The molecule has 130 valence electrons. The molecule has 2 aliphatic rings. The Balaban J connectivity index is 1.50. The molecule has 0 atom stereocenters. The molecule has 1 fully saturated rings. The van der Waals surface area contributed by atoms with Crippen molar-refractivity contribution in [2.75, 3.05) is 18.4 Å². The predicted octanol–water partition coefficient (Wildman–Crippen LogP) is 2.37. The highest BCUT2D eigenvalue weighted by Gasteiger charge is 2.18. The van der Waals surface area contributed by atoms with E-state index in [0.717, 1.165) is 38.0 Å². The number of anilines is 1. The molecule has 2 aromatic heterocycles. The van der Waals surface area contributed by atoms with E-state index in [9.17, 15) is 5.11 Å². The maximum atomic E-state index is 9.66. The number of halogens is 1. The normalized spacial score (nSPS) is 18.9. The van der Waals surface area contributed by atoms with Crippen LogP contribution in [-0.2, 0) is 0 Å². The minimum Gasteiger partial charge on any atom is -0.393 e. The summed E-state index contributed by atoms with van der Waals surface area (Å²) in [5.41, 5.74) is 2.15. The molecule has 4 rings (SSSR count). The Hall–Kier alpha value is -2.38. The van der Waals surface area contributed by atoms with Crippen LogP contribution in [0.25, 0.3) is 5.78 Å². The van der Waals surface area contributed by atoms with E-state index >= 15 is 0 Å². The van der Waals surface area contributed by atoms with Gasteiger partial charge in [0.05, 0.1) is 6.10 Å². The average molecular weight is 359 g/mol. The Morgan fingerprint density at radius 2 is 2.04 bits per heavy atom. The van der Waals surface area contributed by atoms with Gasteiger partial charge in [-0.1, -0.05) is 23.8 Å². The Labute approximate surface area is 150 Å². The van der Waals surface area contributed by atoms with Crippen molar-refractivity contribution in [3.05, 3.63) is 53.2 Å². The first-order chi connectivity index (χ1) is 12.2. The summed E-state index contributed by atoms with van der Waals surface area (Å²) in [6.07, 6.45) is 12.2. The van der Waals surface area contributed by atoms with Crippen LogP contribution in [0.2, 0.25) is 5.15 Å². The van der Waals surface area contributed by atoms with Crippen LogP contribution in [0.4, 0.5) is 5.82 Å². The molecule has 8 heteroatoms. The van der Waals surface area contributed by atoms with Crippen molar-refractivity contribution < 1.29 is 5.11 Å². The van der Waals surface area contributed by atoms with Crippen molar-refractivity contribution in [1.82, 2.24) is 24.5 Å². The second-order valence-electron chi connectivity index (χ2n) is 6.14. The minimum absolute atomic E-state index is 0.163. The summed E-state index contributed by atoms with van der Waals surface area (Å²) in [5.74, 6) is 1.17. The topological polar surface area (TPSA) is 78.6 Å². The molecular weight excluding hydrogens is 340 g/mol. The van der Waals surface area contributed by atoms with Gasteiger partial charge in [0.1, 0.15) is 17.3 Å². The SMILES string of the molecule is OC1CCN(C2=CCC=C(Nc3cc(Cl)nc4ncnn34)C=C2)CC1. The average Bonchev–Trinajstić information content (AvgIpc) is 2.95. The van der Waals surface area contributed by atoms with Gasteiger partial charge >= 0.3 is 0 Å². The third-order valence-electron chi connectivity index (χ3n) is 4.42. The lowest BCUT2D eigenvalue weighted by Crippen LogP contribution is -2.34. The number of nitrogens with zero attached hydrogens (tertiary/aromatic N) is 5. The van der Waals surface area contributed by atoms with Crippen molar-refractivity contribution in [1.29, 1.82) is 0 Å². The Morgan fingerprint density at radius 3 is 2.88 bits per heavy atom. The maximum absolute atomic E-state index is 9.66. The number of hydrogen-bond donors (Lipinski definition) is 2. The van der Waals surface area contributed by atoms with Crippen LogP contribution >= 0.6 is 11.6 Å². The number of fused-ring (bicyclic) bond motifs is 1. The van der Waals surface area contributed by atoms with E-state index in [-0.39, 0.29) is 6.10 Å². The van der Waals surface area contributed by atoms with Crippen LogP contribution in [-0.4, -0.2) is 48.8 Å². The Bertz CT molecular complexity index is 863. The van der Waals surface area contributed by atoms with Crippen LogP contribution in [0.1, 0.15) is 19.3 Å². The van der Waals surface area contributed by atoms with E-state index in [0.29, 0.717) is 16.7 Å². The molecule has 1 aliphatic heterocycles. The lowest BCUT2D eigenvalue weighted by molar-refractivity contribution is 0.0985. The zero-order chi connectivity index (χ0) is 17.2. The highest BCUT2D eigenvalue weighted by molar-refractivity contribution is 6.29. The molecule has 0 radical (unpaired) electrons. The molecule has 2 N–H and O–H groups in total. The fourth-order valence-corrected chi connectivity index (χ4v) is 3.27. The first-order valence-electron chi connectivity index (χ1n) is 8.34. The van der Waals surface area contributed by atoms with Crippen LogP contribution in [0.15, 0.2) is 48.1 Å². The van der Waals surface area contributed by atoms with Gasteiger partial charge in [0, 0.05) is 30.5 Å². The van der Waals surface area contributed by atoms with E-state index in [1.54, 1.807) is 10.6 Å². The van der Waals surface area contributed by atoms with Crippen molar-refractivity contribution in [2.24, 2.45) is 0 Å². The number of likely N-dealkylation sites (tertiary alicyclic amines) is 1. The van der Waals surface area contributed by atoms with E-state index in [2.05, 4.69) is 43.5 Å². The molecule has 2 aromatic rings. The number of allylic oxidation sites excluding steroid dienone is 4. The van der Waals surface area contributed by atoms with Crippen molar-refractivity contribution in [2.45, 2.75) is 25.4 Å². The second-order valence-corrected chi connectivity index (χ2v) is 6.52. The monoisotopic (exact) mass is 358 g/mol. The summed E-state index contributed by atoms with van der Waals surface area (Å²) < 4.78 is 1.62. The van der Waals surface area contributed by atoms with Crippen LogP contribution in [0.3, 0.4) is 0 Å². The number of hydrogen-bond acceptors (Lipinski definition) is 6. The van der Waals surface area contributed by atoms with Crippen molar-refractivity contribution >= 4 is 23.2 Å². The van der Waals surface area contributed by atoms with Crippen molar-refractivity contribution in [3.8, 4) is 0 Å². The number of aromatic nitrogens is 4. The summed E-state index contributed by atoms with van der Waals surface area (Å²) in [6, 6.07) is 1.73. The molecule has 7 nitrogen and oxygen atoms in total. The van der Waals surface area contributed by atoms with Gasteiger partial charge in [-0.05, 0) is 31.4 Å². The van der Waals surface area contributed by atoms with Gasteiger partial charge in [-0.25, -0.2) is 0 Å². The van der Waals surface area contributed by atoms with Gasteiger partial charge in [-0.2, -0.15) is 19.6 Å². The number of rotatable bonds is 3. The van der Waals surface area contributed by atoms with E-state index < -0.39 is 0 Å². The number of aliphatic hydroxyl groups excluding tert-OH is 1. The summed E-state index contributed by atoms with van der Waals surface area (Å²) >= 11 is 6.06. The molecule has 1 saturated heterocycles. The molecule has 25 heavy (non-hydrogen) atoms. The summed E-state index contributed by atoms with van der Waals surface area (Å²) in [6.45, 7) is 1.78. The summed E-state index contributed by atoms with van der Waals surface area (Å²) in [5, 5.41) is 17.5. The second kappa shape index (κ2) is 6.85. The molecule has 0 aromatic carbocycles. The predicted molar refractivity (Wildman–Crippen MR) is 96.2 cm³/mol. The smallest absolute Gasteiger partial charge is 0.255 e. The van der Waals surface area contributed by atoms with Gasteiger partial charge in [0.25, 0.3) is 5.78 Å². The molecule has 0 spiro atoms. The van der Waals surface area contributed by atoms with Gasteiger partial charge in [0.15, 0.2) is 0 Å². The lowest BCUT2D eigenvalue weighted by Gasteiger charge is -2.32. The fraction of sp³-hybridized carbons (Fsp3) is 0.353. The fourth-order valence-electron chi connectivity index (χ4n) is 3.09. The molecule has 3 heterocycles. The summed E-state index contributed by atoms with van der Waals surface area (Å²) in [7, 11) is 0. The Morgan fingerprint density at radius 1 is 1.20 bits per heavy atom. The zero-order valence-corrected chi connectivity index (χ0v) is 14.4. The largest absolute Gasteiger partial charge is 0.393 e. The van der Waals surface area contributed by atoms with Gasteiger partial charge in [0.2, 0.25) is 0 Å². The maximum Gasteiger partial charge on any atom is 0.255 e. The highest BCUT2D eigenvalue weighted by Crippen LogP contribution is 2.21. The molecule has 0 saturated carbocycles. The van der Waals surface area contributed by atoms with E-state index in [4.69, 9.17) is 11.6 Å². The van der Waals surface area contributed by atoms with Crippen molar-refractivity contribution in [3.63, 3.8) is 0 Å². The number of aliphatic hydroxyl groups is 1. The quantitative estimate of drug-likeness (QED) is 0.820. The first kappa shape index (κ1) is 16.1. The molecule has 0 unspecified atom stereocenters. The van der Waals surface area contributed by atoms with E-state index in [1.807, 2.05) is 6.08 Å². The van der Waals surface area contributed by atoms with Crippen LogP contribution in [0.5, 0.6) is 0 Å². The van der Waals surface area contributed by atoms with E-state index in [1.165, 1.54) is 12.0 Å². The molecule has 1 aliphatic carbocycles. The number of piperidine rings is 1. The zero-order valence-electron chi connectivity index (χ0n) is 13.6. The summed E-state index contributed by atoms with van der Waals surface area (Å²) in [4.78, 5) is 10.5. The minimum atomic E-state index is -0.163. The third kappa shape index (κ3) is 3.52. The first-order valence-corrected chi connectivity index (χ1v) is 8.71. The Kier molecular flexibility index (Phi) is 4.42. The molecule has 0 bridgehead atoms. The van der Waals surface area contributed by atoms with Crippen LogP contribution < -0.4 is 5.32 Å². The molecule has 0 amide bonds. The van der Waals surface area contributed by atoms with Gasteiger partial charge in [-0.3, -0.25) is 0 Å². The number of nitrogens with one attached hydrogen (secondary N) is 1. The third-order valence-corrected chi connectivity index (χ3v) is 4.61. The van der Waals surface area contributed by atoms with Gasteiger partial charge < -0.3 is 15.3 Å². The lowest BCUT2D eigenvalue weighted by atomic mass is 10.1. The highest BCUT2D eigenvalue weighted by atomic mass is 35.5. The molecular formula is C17H19ClN6O. The van der Waals surface area contributed by atoms with Gasteiger partial charge in [-0.15, -0.1) is 0 Å². The standard InChI is InChI=1S/C17H19ClN6O/c18-15-10-16(24-17(22-15)19-11-20-24)21-12-2-1-3-13(5-4-12)23-8-6-14(25)7-9-23/h2-5,10-11,14,21,25H,1,6-9H2. The van der Waals surface area contributed by atoms with Crippen LogP contribution in [0, 0.1) is 0 Å².